The second-order valence-electron chi connectivity index (χ2n) is 5.06. The summed E-state index contributed by atoms with van der Waals surface area (Å²) in [6.07, 6.45) is 1.17. The summed E-state index contributed by atoms with van der Waals surface area (Å²) in [5.41, 5.74) is 2.91. The number of hydrogen-bond donors (Lipinski definition) is 1. The molecule has 0 spiro atoms. The van der Waals surface area contributed by atoms with Gasteiger partial charge in [0.1, 0.15) is 0 Å². The normalized spacial score (nSPS) is 19.0. The molecular formula is C16H18BrNS2. The molecule has 2 atom stereocenters. The van der Waals surface area contributed by atoms with Crippen molar-refractivity contribution in [2.45, 2.75) is 30.2 Å². The Labute approximate surface area is 137 Å². The van der Waals surface area contributed by atoms with Gasteiger partial charge in [-0.2, -0.15) is 11.3 Å². The lowest BCUT2D eigenvalue weighted by atomic mass is 9.89. The quantitative estimate of drug-likeness (QED) is 0.754. The van der Waals surface area contributed by atoms with Crippen molar-refractivity contribution in [2.24, 2.45) is 0 Å². The summed E-state index contributed by atoms with van der Waals surface area (Å²) >= 11 is 7.47. The van der Waals surface area contributed by atoms with E-state index in [1.54, 1.807) is 11.3 Å². The van der Waals surface area contributed by atoms with Crippen LogP contribution < -0.4 is 5.32 Å². The van der Waals surface area contributed by atoms with Gasteiger partial charge in [-0.1, -0.05) is 25.1 Å². The van der Waals surface area contributed by atoms with Crippen LogP contribution in [0.1, 0.15) is 36.4 Å². The molecule has 1 aliphatic rings. The monoisotopic (exact) mass is 367 g/mol. The van der Waals surface area contributed by atoms with E-state index >= 15 is 0 Å². The zero-order valence-electron chi connectivity index (χ0n) is 11.4. The smallest absolute Gasteiger partial charge is 0.0417 e. The molecule has 1 aromatic carbocycles. The highest BCUT2D eigenvalue weighted by Crippen LogP contribution is 2.47. The van der Waals surface area contributed by atoms with E-state index in [0.29, 0.717) is 12.0 Å². The minimum Gasteiger partial charge on any atom is -0.309 e. The van der Waals surface area contributed by atoms with Crippen molar-refractivity contribution in [1.29, 1.82) is 0 Å². The van der Waals surface area contributed by atoms with E-state index in [4.69, 9.17) is 0 Å². The lowest BCUT2D eigenvalue weighted by molar-refractivity contribution is 0.471. The molecule has 0 saturated carbocycles. The van der Waals surface area contributed by atoms with Crippen LogP contribution in [-0.2, 0) is 0 Å². The topological polar surface area (TPSA) is 12.0 Å². The van der Waals surface area contributed by atoms with Gasteiger partial charge in [-0.25, -0.2) is 0 Å². The Balaban J connectivity index is 1.93. The Morgan fingerprint density at radius 1 is 1.35 bits per heavy atom. The molecule has 0 radical (unpaired) electrons. The van der Waals surface area contributed by atoms with Crippen LogP contribution in [0.25, 0.3) is 0 Å². The molecule has 2 unspecified atom stereocenters. The number of nitrogens with one attached hydrogen (secondary N) is 1. The largest absolute Gasteiger partial charge is 0.309 e. The second kappa shape index (κ2) is 6.65. The van der Waals surface area contributed by atoms with Gasteiger partial charge in [-0.05, 0) is 51.5 Å². The number of thiophene rings is 1. The predicted molar refractivity (Wildman–Crippen MR) is 93.0 cm³/mol. The molecule has 1 aliphatic heterocycles. The highest BCUT2D eigenvalue weighted by Gasteiger charge is 2.32. The Morgan fingerprint density at radius 2 is 2.20 bits per heavy atom. The molecule has 0 saturated heterocycles. The first kappa shape index (κ1) is 14.6. The van der Waals surface area contributed by atoms with Gasteiger partial charge in [-0.3, -0.25) is 0 Å². The maximum atomic E-state index is 3.76. The van der Waals surface area contributed by atoms with Gasteiger partial charge in [0.15, 0.2) is 0 Å². The fourth-order valence-electron chi connectivity index (χ4n) is 2.75. The van der Waals surface area contributed by atoms with Crippen LogP contribution in [0, 0.1) is 0 Å². The highest BCUT2D eigenvalue weighted by atomic mass is 79.9. The molecule has 4 heteroatoms. The van der Waals surface area contributed by atoms with E-state index in [2.05, 4.69) is 63.2 Å². The van der Waals surface area contributed by atoms with E-state index < -0.39 is 0 Å². The molecule has 1 aromatic heterocycles. The lowest BCUT2D eigenvalue weighted by Gasteiger charge is -2.25. The first-order valence-electron chi connectivity index (χ1n) is 6.98. The zero-order valence-corrected chi connectivity index (χ0v) is 14.7. The van der Waals surface area contributed by atoms with Gasteiger partial charge in [0.05, 0.1) is 0 Å². The van der Waals surface area contributed by atoms with Crippen molar-refractivity contribution in [3.05, 3.63) is 50.6 Å². The zero-order chi connectivity index (χ0) is 13.9. The molecule has 2 heterocycles. The summed E-state index contributed by atoms with van der Waals surface area (Å²) < 4.78 is 1.24. The Hall–Kier alpha value is -0.290. The Bertz CT molecular complexity index is 581. The molecule has 0 bridgehead atoms. The van der Waals surface area contributed by atoms with E-state index in [0.717, 1.165) is 6.54 Å². The van der Waals surface area contributed by atoms with Crippen LogP contribution >= 0.6 is 39.0 Å². The van der Waals surface area contributed by atoms with Crippen LogP contribution in [0.2, 0.25) is 0 Å². The van der Waals surface area contributed by atoms with Crippen LogP contribution in [-0.4, -0.2) is 12.3 Å². The molecule has 20 heavy (non-hydrogen) atoms. The van der Waals surface area contributed by atoms with Crippen LogP contribution in [0.5, 0.6) is 0 Å². The molecule has 3 rings (SSSR count). The summed E-state index contributed by atoms with van der Waals surface area (Å²) in [6, 6.07) is 9.26. The Morgan fingerprint density at radius 3 is 2.95 bits per heavy atom. The number of fused-ring (bicyclic) bond motifs is 1. The fraction of sp³-hybridized carbons (Fsp3) is 0.375. The summed E-state index contributed by atoms with van der Waals surface area (Å²) in [4.78, 5) is 1.45. The maximum Gasteiger partial charge on any atom is 0.0417 e. The van der Waals surface area contributed by atoms with Crippen molar-refractivity contribution in [3.8, 4) is 0 Å². The number of benzene rings is 1. The van der Waals surface area contributed by atoms with Crippen molar-refractivity contribution < 1.29 is 0 Å². The van der Waals surface area contributed by atoms with Gasteiger partial charge in [0.2, 0.25) is 0 Å². The predicted octanol–water partition coefficient (Wildman–Crippen LogP) is 5.44. The Kier molecular flexibility index (Phi) is 4.87. The van der Waals surface area contributed by atoms with Gasteiger partial charge in [-0.15, -0.1) is 11.8 Å². The third kappa shape index (κ3) is 2.84. The maximum absolute atomic E-state index is 3.76. The van der Waals surface area contributed by atoms with Gasteiger partial charge >= 0.3 is 0 Å². The fourth-order valence-corrected chi connectivity index (χ4v) is 5.62. The highest BCUT2D eigenvalue weighted by molar-refractivity contribution is 9.10. The molecule has 0 fully saturated rings. The molecule has 0 amide bonds. The second-order valence-corrected chi connectivity index (χ2v) is 7.72. The van der Waals surface area contributed by atoms with Gasteiger partial charge in [0.25, 0.3) is 0 Å². The van der Waals surface area contributed by atoms with Gasteiger partial charge < -0.3 is 5.32 Å². The molecule has 2 aromatic rings. The first-order valence-corrected chi connectivity index (χ1v) is 9.70. The number of rotatable bonds is 5. The van der Waals surface area contributed by atoms with E-state index in [1.807, 2.05) is 11.8 Å². The SMILES string of the molecule is CCCNC(c1cscc1Br)C1CSc2ccccc21. The molecule has 1 nitrogen and oxygen atoms in total. The third-order valence-electron chi connectivity index (χ3n) is 3.73. The van der Waals surface area contributed by atoms with Crippen LogP contribution in [0.15, 0.2) is 44.4 Å². The number of thioether (sulfide) groups is 1. The molecule has 106 valence electrons. The average molecular weight is 368 g/mol. The third-order valence-corrected chi connectivity index (χ3v) is 6.69. The van der Waals surface area contributed by atoms with E-state index in [1.165, 1.54) is 32.7 Å². The number of halogens is 1. The summed E-state index contributed by atoms with van der Waals surface area (Å²) in [7, 11) is 0. The minimum absolute atomic E-state index is 0.409. The molecular weight excluding hydrogens is 350 g/mol. The lowest BCUT2D eigenvalue weighted by Crippen LogP contribution is -2.28. The molecule has 1 N–H and O–H groups in total. The van der Waals surface area contributed by atoms with E-state index in [9.17, 15) is 0 Å². The summed E-state index contributed by atoms with van der Waals surface area (Å²) in [5.74, 6) is 1.73. The standard InChI is InChI=1S/C16H18BrNS2/c1-2-7-18-16(13-8-19-10-14(13)17)12-9-20-15-6-4-3-5-11(12)15/h3-6,8,10,12,16,18H,2,7,9H2,1H3. The summed E-state index contributed by atoms with van der Waals surface area (Å²) in [5, 5.41) is 8.22. The first-order chi connectivity index (χ1) is 9.81. The minimum atomic E-state index is 0.409. The van der Waals surface area contributed by atoms with Crippen molar-refractivity contribution >= 4 is 39.0 Å². The van der Waals surface area contributed by atoms with Crippen molar-refractivity contribution in [3.63, 3.8) is 0 Å². The molecule has 0 aliphatic carbocycles. The van der Waals surface area contributed by atoms with Crippen molar-refractivity contribution in [2.75, 3.05) is 12.3 Å². The summed E-state index contributed by atoms with van der Waals surface area (Å²) in [6.45, 7) is 3.29. The van der Waals surface area contributed by atoms with Gasteiger partial charge in [0, 0.05) is 32.5 Å². The van der Waals surface area contributed by atoms with Crippen molar-refractivity contribution in [1.82, 2.24) is 5.32 Å². The average Bonchev–Trinajstić information content (AvgIpc) is 3.07. The van der Waals surface area contributed by atoms with Crippen LogP contribution in [0.3, 0.4) is 0 Å². The van der Waals surface area contributed by atoms with Crippen LogP contribution in [0.4, 0.5) is 0 Å². The number of hydrogen-bond acceptors (Lipinski definition) is 3. The van der Waals surface area contributed by atoms with E-state index in [-0.39, 0.29) is 0 Å².